The summed E-state index contributed by atoms with van der Waals surface area (Å²) in [6, 6.07) is 6.73. The predicted molar refractivity (Wildman–Crippen MR) is 93.8 cm³/mol. The fourth-order valence-corrected chi connectivity index (χ4v) is 2.17. The zero-order chi connectivity index (χ0) is 19.3. The minimum Gasteiger partial charge on any atom is -0.449 e. The molecule has 0 saturated carbocycles. The van der Waals surface area contributed by atoms with Gasteiger partial charge in [-0.2, -0.15) is 5.10 Å². The number of carbonyl (C=O) groups excluding carboxylic acids is 2. The van der Waals surface area contributed by atoms with Crippen molar-refractivity contribution >= 4 is 23.4 Å². The molecule has 0 saturated heterocycles. The Morgan fingerprint density at radius 3 is 2.50 bits per heavy atom. The van der Waals surface area contributed by atoms with E-state index in [1.807, 2.05) is 13.8 Å². The topological polar surface area (TPSA) is 116 Å². The van der Waals surface area contributed by atoms with E-state index in [-0.39, 0.29) is 17.3 Å². The second kappa shape index (κ2) is 8.24. The number of esters is 1. The largest absolute Gasteiger partial charge is 0.449 e. The fraction of sp³-hybridized carbons (Fsp3) is 0.353. The molecule has 138 valence electrons. The number of nitro groups is 1. The van der Waals surface area contributed by atoms with E-state index in [1.54, 1.807) is 16.9 Å². The maximum Gasteiger partial charge on any atom is 0.338 e. The number of benzene rings is 1. The predicted octanol–water partition coefficient (Wildman–Crippen LogP) is 2.95. The molecule has 0 fully saturated rings. The molecule has 2 rings (SSSR count). The van der Waals surface area contributed by atoms with Crippen LogP contribution < -0.4 is 5.32 Å². The maximum absolute atomic E-state index is 12.3. The summed E-state index contributed by atoms with van der Waals surface area (Å²) in [6.07, 6.45) is 1.38. The molecule has 0 aliphatic rings. The highest BCUT2D eigenvalue weighted by molar-refractivity contribution is 5.96. The number of anilines is 1. The highest BCUT2D eigenvalue weighted by Crippen LogP contribution is 2.17. The van der Waals surface area contributed by atoms with Crippen molar-refractivity contribution in [3.63, 3.8) is 0 Å². The molecule has 0 spiro atoms. The molecule has 2 atom stereocenters. The third kappa shape index (κ3) is 4.44. The van der Waals surface area contributed by atoms with Gasteiger partial charge < -0.3 is 10.1 Å². The number of nitrogens with one attached hydrogen (secondary N) is 1. The highest BCUT2D eigenvalue weighted by atomic mass is 16.6. The third-order valence-corrected chi connectivity index (χ3v) is 3.90. The van der Waals surface area contributed by atoms with Gasteiger partial charge in [0, 0.05) is 18.2 Å². The second-order valence-electron chi connectivity index (χ2n) is 5.76. The van der Waals surface area contributed by atoms with E-state index in [4.69, 9.17) is 4.74 Å². The summed E-state index contributed by atoms with van der Waals surface area (Å²) < 4.78 is 6.81. The first-order valence-corrected chi connectivity index (χ1v) is 8.13. The number of aromatic nitrogens is 2. The molecular formula is C17H20N4O5. The van der Waals surface area contributed by atoms with Crippen LogP contribution in [0.2, 0.25) is 0 Å². The summed E-state index contributed by atoms with van der Waals surface area (Å²) in [5.41, 5.74) is -0.00876. The number of carbonyl (C=O) groups is 2. The summed E-state index contributed by atoms with van der Waals surface area (Å²) >= 11 is 0. The summed E-state index contributed by atoms with van der Waals surface area (Å²) in [5.74, 6) is -0.717. The minimum atomic E-state index is -1.04. The van der Waals surface area contributed by atoms with Crippen LogP contribution in [0.1, 0.15) is 43.6 Å². The molecule has 0 bridgehead atoms. The number of nitro benzene ring substituents is 1. The van der Waals surface area contributed by atoms with Crippen LogP contribution in [0.5, 0.6) is 0 Å². The van der Waals surface area contributed by atoms with E-state index in [0.29, 0.717) is 5.82 Å². The Morgan fingerprint density at radius 1 is 1.27 bits per heavy atom. The summed E-state index contributed by atoms with van der Waals surface area (Å²) in [7, 11) is 0. The number of nitrogens with zero attached hydrogens (tertiary/aromatic N) is 3. The van der Waals surface area contributed by atoms with E-state index in [0.717, 1.165) is 6.42 Å². The van der Waals surface area contributed by atoms with E-state index < -0.39 is 22.9 Å². The van der Waals surface area contributed by atoms with Crippen molar-refractivity contribution in [2.45, 2.75) is 39.3 Å². The Morgan fingerprint density at radius 2 is 1.92 bits per heavy atom. The molecule has 1 aromatic heterocycles. The summed E-state index contributed by atoms with van der Waals surface area (Å²) in [4.78, 5) is 34.4. The van der Waals surface area contributed by atoms with Gasteiger partial charge in [0.2, 0.25) is 0 Å². The minimum absolute atomic E-state index is 0.110. The van der Waals surface area contributed by atoms with Crippen LogP contribution in [0.4, 0.5) is 11.5 Å². The van der Waals surface area contributed by atoms with Crippen molar-refractivity contribution in [3.8, 4) is 0 Å². The van der Waals surface area contributed by atoms with Gasteiger partial charge >= 0.3 is 5.97 Å². The van der Waals surface area contributed by atoms with Gasteiger partial charge in [-0.25, -0.2) is 9.48 Å². The van der Waals surface area contributed by atoms with Gasteiger partial charge in [0.05, 0.1) is 22.7 Å². The van der Waals surface area contributed by atoms with Gasteiger partial charge in [0.1, 0.15) is 5.82 Å². The highest BCUT2D eigenvalue weighted by Gasteiger charge is 2.21. The van der Waals surface area contributed by atoms with Crippen molar-refractivity contribution in [2.24, 2.45) is 0 Å². The van der Waals surface area contributed by atoms with Gasteiger partial charge in [-0.05, 0) is 32.4 Å². The lowest BCUT2D eigenvalue weighted by Crippen LogP contribution is -2.31. The lowest BCUT2D eigenvalue weighted by Gasteiger charge is -2.17. The number of hydrogen-bond acceptors (Lipinski definition) is 6. The van der Waals surface area contributed by atoms with E-state index >= 15 is 0 Å². The Balaban J connectivity index is 1.99. The standard InChI is InChI=1S/C17H20N4O5/c1-4-11(2)20-15(9-10-18-20)19-16(22)12(3)26-17(23)13-5-7-14(8-6-13)21(24)25/h5-12H,4H2,1-3H3,(H,19,22)/t11-,12+/m0/s1. The molecule has 0 radical (unpaired) electrons. The van der Waals surface area contributed by atoms with Crippen molar-refractivity contribution < 1.29 is 19.2 Å². The summed E-state index contributed by atoms with van der Waals surface area (Å²) in [6.45, 7) is 5.43. The average molecular weight is 360 g/mol. The van der Waals surface area contributed by atoms with Gasteiger partial charge in [0.15, 0.2) is 6.10 Å². The molecule has 0 aliphatic carbocycles. The van der Waals surface area contributed by atoms with E-state index in [1.165, 1.54) is 31.2 Å². The molecule has 1 aromatic carbocycles. The zero-order valence-electron chi connectivity index (χ0n) is 14.7. The second-order valence-corrected chi connectivity index (χ2v) is 5.76. The maximum atomic E-state index is 12.3. The normalized spacial score (nSPS) is 12.9. The summed E-state index contributed by atoms with van der Waals surface area (Å²) in [5, 5.41) is 17.5. The lowest BCUT2D eigenvalue weighted by molar-refractivity contribution is -0.384. The van der Waals surface area contributed by atoms with Crippen molar-refractivity contribution in [2.75, 3.05) is 5.32 Å². The number of rotatable bonds is 7. The molecule has 9 heteroatoms. The molecule has 1 N–H and O–H groups in total. The third-order valence-electron chi connectivity index (χ3n) is 3.90. The van der Waals surface area contributed by atoms with Crippen LogP contribution in [0.3, 0.4) is 0 Å². The number of amides is 1. The van der Waals surface area contributed by atoms with Crippen molar-refractivity contribution in [1.82, 2.24) is 9.78 Å². The van der Waals surface area contributed by atoms with Crippen LogP contribution in [0, 0.1) is 10.1 Å². The molecule has 0 aliphatic heterocycles. The van der Waals surface area contributed by atoms with Crippen molar-refractivity contribution in [1.29, 1.82) is 0 Å². The van der Waals surface area contributed by atoms with Crippen molar-refractivity contribution in [3.05, 3.63) is 52.2 Å². The molecular weight excluding hydrogens is 340 g/mol. The van der Waals surface area contributed by atoms with E-state index in [2.05, 4.69) is 10.4 Å². The van der Waals surface area contributed by atoms with Crippen LogP contribution in [0.15, 0.2) is 36.5 Å². The first-order chi connectivity index (χ1) is 12.3. The zero-order valence-corrected chi connectivity index (χ0v) is 14.7. The molecule has 0 unspecified atom stereocenters. The number of ether oxygens (including phenoxy) is 1. The Labute approximate surface area is 150 Å². The first kappa shape index (κ1) is 19.1. The fourth-order valence-electron chi connectivity index (χ4n) is 2.17. The first-order valence-electron chi connectivity index (χ1n) is 8.13. The smallest absolute Gasteiger partial charge is 0.338 e. The molecule has 26 heavy (non-hydrogen) atoms. The SMILES string of the molecule is CC[C@H](C)n1nccc1NC(=O)[C@@H](C)OC(=O)c1ccc([N+](=O)[O-])cc1. The molecule has 9 nitrogen and oxygen atoms in total. The molecule has 2 aromatic rings. The van der Waals surface area contributed by atoms with Gasteiger partial charge in [-0.1, -0.05) is 6.92 Å². The average Bonchev–Trinajstić information content (AvgIpc) is 3.09. The van der Waals surface area contributed by atoms with Gasteiger partial charge in [-0.15, -0.1) is 0 Å². The van der Waals surface area contributed by atoms with Crippen LogP contribution in [-0.2, 0) is 9.53 Å². The molecule has 1 amide bonds. The van der Waals surface area contributed by atoms with Crippen LogP contribution in [-0.4, -0.2) is 32.7 Å². The number of hydrogen-bond donors (Lipinski definition) is 1. The molecule has 1 heterocycles. The Kier molecular flexibility index (Phi) is 6.05. The quantitative estimate of drug-likeness (QED) is 0.461. The number of non-ortho nitro benzene ring substituents is 1. The van der Waals surface area contributed by atoms with Crippen LogP contribution in [0.25, 0.3) is 0 Å². The van der Waals surface area contributed by atoms with Gasteiger partial charge in [0.25, 0.3) is 11.6 Å². The lowest BCUT2D eigenvalue weighted by atomic mass is 10.2. The Hall–Kier alpha value is -3.23. The van der Waals surface area contributed by atoms with Gasteiger partial charge in [-0.3, -0.25) is 14.9 Å². The monoisotopic (exact) mass is 360 g/mol. The Bertz CT molecular complexity index is 800. The van der Waals surface area contributed by atoms with Crippen LogP contribution >= 0.6 is 0 Å². The van der Waals surface area contributed by atoms with E-state index in [9.17, 15) is 19.7 Å².